The molecule has 0 saturated carbocycles. The van der Waals surface area contributed by atoms with Crippen molar-refractivity contribution in [3.05, 3.63) is 59.2 Å². The van der Waals surface area contributed by atoms with E-state index in [1.54, 1.807) is 18.2 Å². The molecule has 2 heterocycles. The van der Waals surface area contributed by atoms with Gasteiger partial charge in [0.05, 0.1) is 6.61 Å². The van der Waals surface area contributed by atoms with Crippen molar-refractivity contribution in [2.45, 2.75) is 38.6 Å². The Bertz CT molecular complexity index is 997. The van der Waals surface area contributed by atoms with E-state index in [1.807, 2.05) is 38.1 Å². The molecule has 2 aromatic rings. The summed E-state index contributed by atoms with van der Waals surface area (Å²) in [6.07, 6.45) is 1.87. The van der Waals surface area contributed by atoms with Gasteiger partial charge in [0.1, 0.15) is 12.3 Å². The highest BCUT2D eigenvalue weighted by atomic mass is 16.5. The summed E-state index contributed by atoms with van der Waals surface area (Å²) in [5.41, 5.74) is 2.26. The summed E-state index contributed by atoms with van der Waals surface area (Å²) in [6.45, 7) is 4.02. The molecule has 0 aromatic heterocycles. The maximum absolute atomic E-state index is 13.3. The molecule has 1 spiro atoms. The predicted molar refractivity (Wildman–Crippen MR) is 112 cm³/mol. The highest BCUT2D eigenvalue weighted by Gasteiger charge is 2.55. The van der Waals surface area contributed by atoms with E-state index in [0.29, 0.717) is 24.3 Å². The van der Waals surface area contributed by atoms with Crippen molar-refractivity contribution in [2.75, 3.05) is 18.5 Å². The molecule has 30 heavy (non-hydrogen) atoms. The number of hydrogen-bond acceptors (Lipinski definition) is 4. The van der Waals surface area contributed by atoms with Gasteiger partial charge in [0, 0.05) is 17.7 Å². The van der Waals surface area contributed by atoms with Gasteiger partial charge in [0.15, 0.2) is 5.54 Å². The topological polar surface area (TPSA) is 87.7 Å². The Morgan fingerprint density at radius 3 is 2.50 bits per heavy atom. The van der Waals surface area contributed by atoms with Crippen LogP contribution in [-0.4, -0.2) is 35.9 Å². The number of amides is 4. The monoisotopic (exact) mass is 407 g/mol. The van der Waals surface area contributed by atoms with Crippen LogP contribution in [0.4, 0.5) is 10.5 Å². The fourth-order valence-electron chi connectivity index (χ4n) is 4.24. The van der Waals surface area contributed by atoms with Crippen LogP contribution in [0.15, 0.2) is 42.5 Å². The molecular weight excluding hydrogens is 382 g/mol. The lowest BCUT2D eigenvalue weighted by molar-refractivity contribution is -0.135. The molecule has 1 saturated heterocycles. The molecule has 2 aliphatic rings. The maximum atomic E-state index is 13.3. The standard InChI is InChI=1S/C23H25N3O4/c1-3-15-8-7-9-16(4-2)20(15)24-19(27)14-26-21(28)23(25-22(26)29)12-13-30-18-11-6-5-10-17(18)23/h5-11H,3-4,12-14H2,1-2H3,(H,24,27)(H,25,29)/t23-/m0/s1. The van der Waals surface area contributed by atoms with Gasteiger partial charge in [-0.2, -0.15) is 0 Å². The maximum Gasteiger partial charge on any atom is 0.325 e. The number of ether oxygens (including phenoxy) is 1. The number of carbonyl (C=O) groups is 3. The van der Waals surface area contributed by atoms with Crippen molar-refractivity contribution in [2.24, 2.45) is 0 Å². The molecule has 0 radical (unpaired) electrons. The largest absolute Gasteiger partial charge is 0.493 e. The smallest absolute Gasteiger partial charge is 0.325 e. The summed E-state index contributed by atoms with van der Waals surface area (Å²) < 4.78 is 5.64. The molecule has 0 bridgehead atoms. The second-order valence-electron chi connectivity index (χ2n) is 7.53. The lowest BCUT2D eigenvalue weighted by Crippen LogP contribution is -2.48. The molecule has 4 rings (SSSR count). The molecule has 4 amide bonds. The van der Waals surface area contributed by atoms with E-state index < -0.39 is 23.4 Å². The van der Waals surface area contributed by atoms with E-state index in [9.17, 15) is 14.4 Å². The van der Waals surface area contributed by atoms with Crippen LogP contribution in [-0.2, 0) is 28.0 Å². The van der Waals surface area contributed by atoms with E-state index in [2.05, 4.69) is 10.6 Å². The van der Waals surface area contributed by atoms with Gasteiger partial charge in [0.25, 0.3) is 5.91 Å². The number of urea groups is 1. The summed E-state index contributed by atoms with van der Waals surface area (Å²) >= 11 is 0. The molecular formula is C23H25N3O4. The number of para-hydroxylation sites is 2. The van der Waals surface area contributed by atoms with Gasteiger partial charge in [-0.25, -0.2) is 4.79 Å². The SMILES string of the molecule is CCc1cccc(CC)c1NC(=O)CN1C(=O)N[C@]2(CCOc3ccccc32)C1=O. The van der Waals surface area contributed by atoms with Crippen LogP contribution in [0.25, 0.3) is 0 Å². The Balaban J connectivity index is 1.57. The van der Waals surface area contributed by atoms with Gasteiger partial charge >= 0.3 is 6.03 Å². The lowest BCUT2D eigenvalue weighted by Gasteiger charge is -2.33. The molecule has 7 heteroatoms. The summed E-state index contributed by atoms with van der Waals surface area (Å²) in [6, 6.07) is 12.5. The first-order valence-corrected chi connectivity index (χ1v) is 10.3. The number of nitrogens with one attached hydrogen (secondary N) is 2. The number of benzene rings is 2. The molecule has 2 N–H and O–H groups in total. The highest BCUT2D eigenvalue weighted by molar-refractivity contribution is 6.11. The minimum absolute atomic E-state index is 0.312. The molecule has 7 nitrogen and oxygen atoms in total. The average Bonchev–Trinajstić information content (AvgIpc) is 2.99. The quantitative estimate of drug-likeness (QED) is 0.746. The van der Waals surface area contributed by atoms with Gasteiger partial charge in [-0.3, -0.25) is 14.5 Å². The second kappa shape index (κ2) is 7.82. The van der Waals surface area contributed by atoms with Crippen LogP contribution in [0.1, 0.15) is 37.0 Å². The third-order valence-electron chi connectivity index (χ3n) is 5.82. The second-order valence-corrected chi connectivity index (χ2v) is 7.53. The number of fused-ring (bicyclic) bond motifs is 2. The summed E-state index contributed by atoms with van der Waals surface area (Å²) in [5.74, 6) is -0.238. The summed E-state index contributed by atoms with van der Waals surface area (Å²) in [4.78, 5) is 39.8. The van der Waals surface area contributed by atoms with Crippen LogP contribution in [0.5, 0.6) is 5.75 Å². The number of carbonyl (C=O) groups excluding carboxylic acids is 3. The number of nitrogens with zero attached hydrogens (tertiary/aromatic N) is 1. The fraction of sp³-hybridized carbons (Fsp3) is 0.348. The van der Waals surface area contributed by atoms with Crippen LogP contribution >= 0.6 is 0 Å². The molecule has 1 atom stereocenters. The zero-order chi connectivity index (χ0) is 21.3. The van der Waals surface area contributed by atoms with Gasteiger partial charge in [-0.05, 0) is 30.0 Å². The van der Waals surface area contributed by atoms with E-state index >= 15 is 0 Å². The first-order valence-electron chi connectivity index (χ1n) is 10.3. The molecule has 1 fully saturated rings. The molecule has 2 aromatic carbocycles. The minimum atomic E-state index is -1.18. The van der Waals surface area contributed by atoms with E-state index in [4.69, 9.17) is 4.74 Å². The molecule has 0 unspecified atom stereocenters. The summed E-state index contributed by atoms with van der Waals surface area (Å²) in [7, 11) is 0. The Kier molecular flexibility index (Phi) is 5.20. The third-order valence-corrected chi connectivity index (χ3v) is 5.82. The van der Waals surface area contributed by atoms with Gasteiger partial charge < -0.3 is 15.4 Å². The number of hydrogen-bond donors (Lipinski definition) is 2. The molecule has 156 valence electrons. The Morgan fingerprint density at radius 1 is 1.10 bits per heavy atom. The zero-order valence-corrected chi connectivity index (χ0v) is 17.2. The predicted octanol–water partition coefficient (Wildman–Crippen LogP) is 2.98. The fourth-order valence-corrected chi connectivity index (χ4v) is 4.24. The Labute approximate surface area is 175 Å². The zero-order valence-electron chi connectivity index (χ0n) is 17.2. The van der Waals surface area contributed by atoms with Gasteiger partial charge in [0.2, 0.25) is 5.91 Å². The lowest BCUT2D eigenvalue weighted by atomic mass is 9.84. The first-order chi connectivity index (χ1) is 14.5. The normalized spacial score (nSPS) is 20.0. The minimum Gasteiger partial charge on any atom is -0.493 e. The number of aryl methyl sites for hydroxylation is 2. The highest BCUT2D eigenvalue weighted by Crippen LogP contribution is 2.40. The number of imide groups is 1. The third kappa shape index (κ3) is 3.20. The van der Waals surface area contributed by atoms with Crippen molar-refractivity contribution in [1.82, 2.24) is 10.2 Å². The van der Waals surface area contributed by atoms with Gasteiger partial charge in [-0.15, -0.1) is 0 Å². The Hall–Kier alpha value is -3.35. The van der Waals surface area contributed by atoms with Crippen molar-refractivity contribution in [3.8, 4) is 5.75 Å². The molecule has 2 aliphatic heterocycles. The van der Waals surface area contributed by atoms with Crippen molar-refractivity contribution >= 4 is 23.5 Å². The summed E-state index contributed by atoms with van der Waals surface area (Å²) in [5, 5.41) is 5.74. The number of anilines is 1. The Morgan fingerprint density at radius 2 is 1.80 bits per heavy atom. The van der Waals surface area contributed by atoms with Gasteiger partial charge in [-0.1, -0.05) is 50.2 Å². The van der Waals surface area contributed by atoms with Crippen LogP contribution in [0, 0.1) is 0 Å². The van der Waals surface area contributed by atoms with Crippen LogP contribution in [0.2, 0.25) is 0 Å². The molecule has 0 aliphatic carbocycles. The van der Waals surface area contributed by atoms with Crippen molar-refractivity contribution in [3.63, 3.8) is 0 Å². The van der Waals surface area contributed by atoms with Crippen LogP contribution in [0.3, 0.4) is 0 Å². The van der Waals surface area contributed by atoms with Crippen molar-refractivity contribution < 1.29 is 19.1 Å². The van der Waals surface area contributed by atoms with E-state index in [0.717, 1.165) is 34.6 Å². The van der Waals surface area contributed by atoms with Crippen molar-refractivity contribution in [1.29, 1.82) is 0 Å². The first kappa shape index (κ1) is 19.9. The van der Waals surface area contributed by atoms with E-state index in [1.165, 1.54) is 0 Å². The number of rotatable bonds is 5. The van der Waals surface area contributed by atoms with Crippen LogP contribution < -0.4 is 15.4 Å². The van der Waals surface area contributed by atoms with E-state index in [-0.39, 0.29) is 6.54 Å². The average molecular weight is 407 g/mol.